The highest BCUT2D eigenvalue weighted by Crippen LogP contribution is 2.06. The molecule has 94 valence electrons. The Morgan fingerprint density at radius 3 is 2.50 bits per heavy atom. The van der Waals surface area contributed by atoms with Gasteiger partial charge in [-0.25, -0.2) is 0 Å². The number of carbonyl (C=O) groups excluding carboxylic acids is 1. The van der Waals surface area contributed by atoms with Crippen molar-refractivity contribution in [2.45, 2.75) is 45.1 Å². The summed E-state index contributed by atoms with van der Waals surface area (Å²) in [5.74, 6) is 0.0850. The van der Waals surface area contributed by atoms with E-state index >= 15 is 0 Å². The van der Waals surface area contributed by atoms with Gasteiger partial charge in [0.2, 0.25) is 0 Å². The van der Waals surface area contributed by atoms with Crippen LogP contribution >= 0.6 is 0 Å². The van der Waals surface area contributed by atoms with Crippen LogP contribution in [0.15, 0.2) is 12.3 Å². The van der Waals surface area contributed by atoms with Gasteiger partial charge in [-0.15, -0.1) is 0 Å². The molecule has 4 nitrogen and oxygen atoms in total. The minimum atomic E-state index is -0.589. The Hall–Kier alpha value is -0.870. The summed E-state index contributed by atoms with van der Waals surface area (Å²) >= 11 is 0. The van der Waals surface area contributed by atoms with Gasteiger partial charge in [-0.3, -0.25) is 4.79 Å². The van der Waals surface area contributed by atoms with Crippen molar-refractivity contribution in [1.82, 2.24) is 0 Å². The molecule has 0 aromatic carbocycles. The summed E-state index contributed by atoms with van der Waals surface area (Å²) in [6.45, 7) is 5.27. The average molecular weight is 230 g/mol. The summed E-state index contributed by atoms with van der Waals surface area (Å²) in [7, 11) is 0. The van der Waals surface area contributed by atoms with E-state index in [4.69, 9.17) is 14.9 Å². The van der Waals surface area contributed by atoms with Gasteiger partial charge in [-0.2, -0.15) is 0 Å². The molecule has 0 rings (SSSR count). The van der Waals surface area contributed by atoms with E-state index in [1.807, 2.05) is 0 Å². The molecule has 0 aromatic heterocycles. The van der Waals surface area contributed by atoms with E-state index < -0.39 is 6.10 Å². The monoisotopic (exact) mass is 230 g/mol. The molecule has 0 fully saturated rings. The number of aliphatic hydroxyl groups is 2. The molecular weight excluding hydrogens is 208 g/mol. The molecule has 0 radical (unpaired) electrons. The minimum Gasteiger partial charge on any atom is -0.491 e. The number of Topliss-reactive ketones (excluding diaryl/α,β-unsaturated/α-hetero) is 1. The highest BCUT2D eigenvalue weighted by molar-refractivity contribution is 5.90. The maximum atomic E-state index is 10.7. The van der Waals surface area contributed by atoms with Gasteiger partial charge in [-0.05, 0) is 12.8 Å². The first-order chi connectivity index (χ1) is 7.57. The molecule has 1 atom stereocenters. The van der Waals surface area contributed by atoms with Crippen LogP contribution in [0.3, 0.4) is 0 Å². The van der Waals surface area contributed by atoms with Crippen molar-refractivity contribution in [3.63, 3.8) is 0 Å². The van der Waals surface area contributed by atoms with Gasteiger partial charge in [0.25, 0.3) is 0 Å². The minimum absolute atomic E-state index is 0.133. The fraction of sp³-hybridized carbons (Fsp3) is 0.750. The van der Waals surface area contributed by atoms with Gasteiger partial charge in [0.15, 0.2) is 11.5 Å². The highest BCUT2D eigenvalue weighted by Gasteiger charge is 2.02. The summed E-state index contributed by atoms with van der Waals surface area (Å²) in [6, 6.07) is 0. The SMILES string of the molecule is C=C(OCCCCCCC(O)CO)C(C)=O. The van der Waals surface area contributed by atoms with Crippen molar-refractivity contribution in [3.8, 4) is 0 Å². The second kappa shape index (κ2) is 9.36. The molecule has 0 aliphatic rings. The summed E-state index contributed by atoms with van der Waals surface area (Å²) in [4.78, 5) is 10.7. The fourth-order valence-electron chi connectivity index (χ4n) is 1.22. The van der Waals surface area contributed by atoms with E-state index in [0.29, 0.717) is 13.0 Å². The molecular formula is C12H22O4. The third kappa shape index (κ3) is 8.44. The molecule has 0 aliphatic heterocycles. The Labute approximate surface area is 96.9 Å². The van der Waals surface area contributed by atoms with Gasteiger partial charge < -0.3 is 14.9 Å². The van der Waals surface area contributed by atoms with E-state index in [0.717, 1.165) is 25.7 Å². The molecule has 1 unspecified atom stereocenters. The molecule has 0 bridgehead atoms. The molecule has 16 heavy (non-hydrogen) atoms. The van der Waals surface area contributed by atoms with Crippen LogP contribution < -0.4 is 0 Å². The third-order valence-corrected chi connectivity index (χ3v) is 2.31. The Kier molecular flexibility index (Phi) is 8.85. The van der Waals surface area contributed by atoms with Gasteiger partial charge in [0.05, 0.1) is 19.3 Å². The van der Waals surface area contributed by atoms with E-state index in [9.17, 15) is 4.79 Å². The number of hydrogen-bond donors (Lipinski definition) is 2. The lowest BCUT2D eigenvalue weighted by atomic mass is 10.1. The largest absolute Gasteiger partial charge is 0.491 e. The number of ether oxygens (including phenoxy) is 1. The van der Waals surface area contributed by atoms with Crippen LogP contribution in [0.2, 0.25) is 0 Å². The maximum Gasteiger partial charge on any atom is 0.193 e. The lowest BCUT2D eigenvalue weighted by Crippen LogP contribution is -2.11. The summed E-state index contributed by atoms with van der Waals surface area (Å²) in [5, 5.41) is 17.6. The van der Waals surface area contributed by atoms with Crippen molar-refractivity contribution in [1.29, 1.82) is 0 Å². The molecule has 2 N–H and O–H groups in total. The second-order valence-corrected chi connectivity index (χ2v) is 3.87. The van der Waals surface area contributed by atoms with Crippen molar-refractivity contribution in [2.24, 2.45) is 0 Å². The zero-order valence-corrected chi connectivity index (χ0v) is 9.95. The number of allylic oxidation sites excluding steroid dienone is 1. The van der Waals surface area contributed by atoms with Crippen molar-refractivity contribution < 1.29 is 19.7 Å². The normalized spacial score (nSPS) is 12.2. The Morgan fingerprint density at radius 1 is 1.31 bits per heavy atom. The third-order valence-electron chi connectivity index (χ3n) is 2.31. The summed E-state index contributed by atoms with van der Waals surface area (Å²) in [6.07, 6.45) is 3.80. The standard InChI is InChI=1S/C12H22O4/c1-10(14)11(2)16-8-6-4-3-5-7-12(15)9-13/h12-13,15H,2-9H2,1H3. The van der Waals surface area contributed by atoms with Gasteiger partial charge in [0.1, 0.15) is 0 Å². The maximum absolute atomic E-state index is 10.7. The smallest absolute Gasteiger partial charge is 0.193 e. The molecule has 0 spiro atoms. The van der Waals surface area contributed by atoms with E-state index in [1.54, 1.807) is 0 Å². The van der Waals surface area contributed by atoms with Crippen LogP contribution in [-0.2, 0) is 9.53 Å². The average Bonchev–Trinajstić information content (AvgIpc) is 2.26. The van der Waals surface area contributed by atoms with Crippen LogP contribution in [-0.4, -0.2) is 35.3 Å². The van der Waals surface area contributed by atoms with Crippen molar-refractivity contribution in [2.75, 3.05) is 13.2 Å². The first kappa shape index (κ1) is 15.1. The zero-order chi connectivity index (χ0) is 12.4. The van der Waals surface area contributed by atoms with Crippen LogP contribution in [0.25, 0.3) is 0 Å². The van der Waals surface area contributed by atoms with Crippen LogP contribution in [0, 0.1) is 0 Å². The second-order valence-electron chi connectivity index (χ2n) is 3.87. The van der Waals surface area contributed by atoms with E-state index in [-0.39, 0.29) is 18.1 Å². The lowest BCUT2D eigenvalue weighted by molar-refractivity contribution is -0.116. The molecule has 0 heterocycles. The quantitative estimate of drug-likeness (QED) is 0.338. The van der Waals surface area contributed by atoms with Crippen LogP contribution in [0.5, 0.6) is 0 Å². The van der Waals surface area contributed by atoms with Gasteiger partial charge >= 0.3 is 0 Å². The van der Waals surface area contributed by atoms with Gasteiger partial charge in [-0.1, -0.05) is 25.8 Å². The molecule has 0 saturated heterocycles. The Bertz CT molecular complexity index is 213. The number of ketones is 1. The van der Waals surface area contributed by atoms with Crippen molar-refractivity contribution >= 4 is 5.78 Å². The van der Waals surface area contributed by atoms with E-state index in [2.05, 4.69) is 6.58 Å². The first-order valence-corrected chi connectivity index (χ1v) is 5.69. The van der Waals surface area contributed by atoms with Crippen molar-refractivity contribution in [3.05, 3.63) is 12.3 Å². The summed E-state index contributed by atoms with van der Waals surface area (Å²) in [5.41, 5.74) is 0. The Morgan fingerprint density at radius 2 is 1.94 bits per heavy atom. The zero-order valence-electron chi connectivity index (χ0n) is 9.95. The lowest BCUT2D eigenvalue weighted by Gasteiger charge is -2.07. The van der Waals surface area contributed by atoms with Crippen LogP contribution in [0.4, 0.5) is 0 Å². The number of rotatable bonds is 10. The molecule has 0 aromatic rings. The Balaban J connectivity index is 3.22. The van der Waals surface area contributed by atoms with E-state index in [1.165, 1.54) is 6.92 Å². The molecule has 0 saturated carbocycles. The predicted molar refractivity (Wildman–Crippen MR) is 62.0 cm³/mol. The van der Waals surface area contributed by atoms with Gasteiger partial charge in [0, 0.05) is 6.92 Å². The first-order valence-electron chi connectivity index (χ1n) is 5.69. The number of aliphatic hydroxyl groups excluding tert-OH is 2. The van der Waals surface area contributed by atoms with Crippen LogP contribution in [0.1, 0.15) is 39.0 Å². The molecule has 0 amide bonds. The topological polar surface area (TPSA) is 66.8 Å². The molecule has 4 heteroatoms. The number of carbonyl (C=O) groups is 1. The summed E-state index contributed by atoms with van der Waals surface area (Å²) < 4.78 is 5.12. The fourth-order valence-corrected chi connectivity index (χ4v) is 1.22. The highest BCUT2D eigenvalue weighted by atomic mass is 16.5. The predicted octanol–water partition coefficient (Wildman–Crippen LogP) is 1.41. The molecule has 0 aliphatic carbocycles. The number of unbranched alkanes of at least 4 members (excludes halogenated alkanes) is 3. The number of hydrogen-bond acceptors (Lipinski definition) is 4.